The summed E-state index contributed by atoms with van der Waals surface area (Å²) in [6, 6.07) is 4.41. The number of rotatable bonds is 3. The van der Waals surface area contributed by atoms with Crippen LogP contribution in [0.2, 0.25) is 5.02 Å². The Morgan fingerprint density at radius 1 is 1.38 bits per heavy atom. The molecule has 4 nitrogen and oxygen atoms in total. The first-order valence-corrected chi connectivity index (χ1v) is 7.64. The second-order valence-corrected chi connectivity index (χ2v) is 6.05. The van der Waals surface area contributed by atoms with E-state index < -0.39 is 12.1 Å². The molecule has 0 spiro atoms. The van der Waals surface area contributed by atoms with Crippen LogP contribution < -0.4 is 10.2 Å². The standard InChI is InChI=1S/C16H21ClN2O2/c1-5-9(2)14-16(21)19(11(4)15(20)18-14)13-8-6-7-12(17)10(13)3/h6-9,11,14H,5H2,1-4H3,(H,18,20). The van der Waals surface area contributed by atoms with Gasteiger partial charge in [0.15, 0.2) is 0 Å². The predicted molar refractivity (Wildman–Crippen MR) is 84.5 cm³/mol. The first-order valence-electron chi connectivity index (χ1n) is 7.27. The minimum atomic E-state index is -0.532. The monoisotopic (exact) mass is 308 g/mol. The number of hydrogen-bond donors (Lipinski definition) is 1. The lowest BCUT2D eigenvalue weighted by atomic mass is 9.93. The topological polar surface area (TPSA) is 49.4 Å². The third-order valence-electron chi connectivity index (χ3n) is 4.28. The molecule has 114 valence electrons. The summed E-state index contributed by atoms with van der Waals surface area (Å²) in [6.07, 6.45) is 0.827. The molecule has 1 fully saturated rings. The van der Waals surface area contributed by atoms with Crippen molar-refractivity contribution in [3.63, 3.8) is 0 Å². The molecule has 5 heteroatoms. The Bertz CT molecular complexity index is 573. The van der Waals surface area contributed by atoms with Gasteiger partial charge in [0, 0.05) is 10.7 Å². The highest BCUT2D eigenvalue weighted by molar-refractivity contribution is 6.31. The van der Waals surface area contributed by atoms with E-state index in [1.54, 1.807) is 24.0 Å². The van der Waals surface area contributed by atoms with E-state index in [2.05, 4.69) is 5.32 Å². The van der Waals surface area contributed by atoms with Crippen LogP contribution in [0.25, 0.3) is 0 Å². The van der Waals surface area contributed by atoms with Crippen molar-refractivity contribution in [1.29, 1.82) is 0 Å². The number of nitrogens with zero attached hydrogens (tertiary/aromatic N) is 1. The molecule has 2 amide bonds. The van der Waals surface area contributed by atoms with Crippen LogP contribution in [0.1, 0.15) is 32.8 Å². The first-order chi connectivity index (χ1) is 9.88. The van der Waals surface area contributed by atoms with Crippen molar-refractivity contribution in [2.24, 2.45) is 5.92 Å². The van der Waals surface area contributed by atoms with Crippen molar-refractivity contribution < 1.29 is 9.59 Å². The van der Waals surface area contributed by atoms with Crippen LogP contribution in [0.4, 0.5) is 5.69 Å². The Balaban J connectivity index is 2.46. The van der Waals surface area contributed by atoms with Crippen LogP contribution in [0.3, 0.4) is 0 Å². The third kappa shape index (κ3) is 2.77. The normalized spacial score (nSPS) is 24.0. The highest BCUT2D eigenvalue weighted by Crippen LogP contribution is 2.31. The van der Waals surface area contributed by atoms with Crippen molar-refractivity contribution in [2.45, 2.75) is 46.2 Å². The van der Waals surface area contributed by atoms with E-state index in [1.165, 1.54) is 0 Å². The minimum absolute atomic E-state index is 0.0678. The van der Waals surface area contributed by atoms with Crippen LogP contribution in [-0.2, 0) is 9.59 Å². The van der Waals surface area contributed by atoms with Gasteiger partial charge in [0.05, 0.1) is 0 Å². The molecule has 0 aromatic heterocycles. The number of anilines is 1. The van der Waals surface area contributed by atoms with E-state index in [9.17, 15) is 9.59 Å². The Kier molecular flexibility index (Phi) is 4.57. The van der Waals surface area contributed by atoms with Gasteiger partial charge >= 0.3 is 0 Å². The number of piperazine rings is 1. The average molecular weight is 309 g/mol. The summed E-state index contributed by atoms with van der Waals surface area (Å²) in [5.41, 5.74) is 1.53. The molecule has 3 unspecified atom stereocenters. The van der Waals surface area contributed by atoms with Crippen molar-refractivity contribution in [3.05, 3.63) is 28.8 Å². The van der Waals surface area contributed by atoms with Crippen LogP contribution in [0, 0.1) is 12.8 Å². The van der Waals surface area contributed by atoms with Gasteiger partial charge in [-0.2, -0.15) is 0 Å². The Hall–Kier alpha value is -1.55. The maximum absolute atomic E-state index is 12.8. The summed E-state index contributed by atoms with van der Waals surface area (Å²) >= 11 is 6.15. The fourth-order valence-electron chi connectivity index (χ4n) is 2.60. The molecular formula is C16H21ClN2O2. The van der Waals surface area contributed by atoms with Crippen LogP contribution in [-0.4, -0.2) is 23.9 Å². The van der Waals surface area contributed by atoms with Crippen molar-refractivity contribution in [1.82, 2.24) is 5.32 Å². The summed E-state index contributed by atoms with van der Waals surface area (Å²) in [7, 11) is 0. The molecule has 0 bridgehead atoms. The number of carbonyl (C=O) groups excluding carboxylic acids is 2. The number of amides is 2. The van der Waals surface area contributed by atoms with E-state index >= 15 is 0 Å². The van der Waals surface area contributed by atoms with Crippen LogP contribution >= 0.6 is 11.6 Å². The zero-order valence-corrected chi connectivity index (χ0v) is 13.6. The number of nitrogens with one attached hydrogen (secondary N) is 1. The van der Waals surface area contributed by atoms with Crippen molar-refractivity contribution in [3.8, 4) is 0 Å². The molecule has 0 saturated carbocycles. The lowest BCUT2D eigenvalue weighted by molar-refractivity contribution is -0.134. The number of halogens is 1. The smallest absolute Gasteiger partial charge is 0.250 e. The Labute approximate surface area is 130 Å². The SMILES string of the molecule is CCC(C)C1NC(=O)C(C)N(c2cccc(Cl)c2C)C1=O. The first kappa shape index (κ1) is 15.8. The molecule has 1 aliphatic rings. The molecule has 1 saturated heterocycles. The molecule has 1 aliphatic heterocycles. The molecule has 3 atom stereocenters. The Morgan fingerprint density at radius 2 is 2.05 bits per heavy atom. The second-order valence-electron chi connectivity index (χ2n) is 5.64. The minimum Gasteiger partial charge on any atom is -0.342 e. The molecular weight excluding hydrogens is 288 g/mol. The third-order valence-corrected chi connectivity index (χ3v) is 4.69. The molecule has 21 heavy (non-hydrogen) atoms. The average Bonchev–Trinajstić information content (AvgIpc) is 2.46. The van der Waals surface area contributed by atoms with Crippen LogP contribution in [0.5, 0.6) is 0 Å². The van der Waals surface area contributed by atoms with Gasteiger partial charge in [-0.1, -0.05) is 37.9 Å². The molecule has 1 heterocycles. The lowest BCUT2D eigenvalue weighted by Gasteiger charge is -2.40. The summed E-state index contributed by atoms with van der Waals surface area (Å²) in [6.45, 7) is 7.59. The summed E-state index contributed by atoms with van der Waals surface area (Å²) in [5.74, 6) is -0.1000. The fourth-order valence-corrected chi connectivity index (χ4v) is 2.77. The van der Waals surface area contributed by atoms with Crippen LogP contribution in [0.15, 0.2) is 18.2 Å². The van der Waals surface area contributed by atoms with Gasteiger partial charge in [-0.05, 0) is 37.5 Å². The predicted octanol–water partition coefficient (Wildman–Crippen LogP) is 2.91. The van der Waals surface area contributed by atoms with Crippen molar-refractivity contribution in [2.75, 3.05) is 4.90 Å². The van der Waals surface area contributed by atoms with E-state index in [1.807, 2.05) is 26.8 Å². The van der Waals surface area contributed by atoms with Gasteiger partial charge in [-0.3, -0.25) is 14.5 Å². The van der Waals surface area contributed by atoms with E-state index in [4.69, 9.17) is 11.6 Å². The number of hydrogen-bond acceptors (Lipinski definition) is 2. The zero-order chi connectivity index (χ0) is 15.7. The van der Waals surface area contributed by atoms with Gasteiger partial charge in [0.25, 0.3) is 5.91 Å². The lowest BCUT2D eigenvalue weighted by Crippen LogP contribution is -2.64. The number of benzene rings is 1. The highest BCUT2D eigenvalue weighted by atomic mass is 35.5. The second kappa shape index (κ2) is 6.06. The van der Waals surface area contributed by atoms with E-state index in [0.29, 0.717) is 10.7 Å². The molecule has 1 aromatic carbocycles. The Morgan fingerprint density at radius 3 is 2.67 bits per heavy atom. The largest absolute Gasteiger partial charge is 0.342 e. The maximum Gasteiger partial charge on any atom is 0.250 e. The van der Waals surface area contributed by atoms with E-state index in [-0.39, 0.29) is 17.7 Å². The molecule has 1 N–H and O–H groups in total. The van der Waals surface area contributed by atoms with Gasteiger partial charge in [-0.15, -0.1) is 0 Å². The van der Waals surface area contributed by atoms with Gasteiger partial charge < -0.3 is 5.32 Å². The summed E-state index contributed by atoms with van der Waals surface area (Å²) in [5, 5.41) is 3.43. The zero-order valence-electron chi connectivity index (χ0n) is 12.8. The summed E-state index contributed by atoms with van der Waals surface area (Å²) in [4.78, 5) is 26.6. The maximum atomic E-state index is 12.8. The molecule has 1 aromatic rings. The number of carbonyl (C=O) groups is 2. The van der Waals surface area contributed by atoms with Gasteiger partial charge in [0.1, 0.15) is 12.1 Å². The molecule has 0 radical (unpaired) electrons. The van der Waals surface area contributed by atoms with Crippen molar-refractivity contribution >= 4 is 29.1 Å². The fraction of sp³-hybridized carbons (Fsp3) is 0.500. The molecule has 2 rings (SSSR count). The molecule has 0 aliphatic carbocycles. The van der Waals surface area contributed by atoms with Gasteiger partial charge in [-0.25, -0.2) is 0 Å². The highest BCUT2D eigenvalue weighted by Gasteiger charge is 2.41. The van der Waals surface area contributed by atoms with E-state index in [0.717, 1.165) is 12.0 Å². The summed E-state index contributed by atoms with van der Waals surface area (Å²) < 4.78 is 0. The quantitative estimate of drug-likeness (QED) is 0.933. The van der Waals surface area contributed by atoms with Gasteiger partial charge in [0.2, 0.25) is 5.91 Å².